The smallest absolute Gasteiger partial charge is 0.407 e. The molecular weight excluding hydrogens is 634 g/mol. The number of carboxylic acid groups (broad SMARTS) is 1. The van der Waals surface area contributed by atoms with Gasteiger partial charge in [0.2, 0.25) is 0 Å². The van der Waals surface area contributed by atoms with Crippen molar-refractivity contribution in [2.24, 2.45) is 5.41 Å². The number of terminal acetylenes is 1. The van der Waals surface area contributed by atoms with Crippen molar-refractivity contribution in [1.82, 2.24) is 24.8 Å². The molecule has 0 spiro atoms. The van der Waals surface area contributed by atoms with E-state index in [1.54, 1.807) is 18.2 Å². The molecule has 2 aliphatic heterocycles. The Labute approximate surface area is 282 Å². The van der Waals surface area contributed by atoms with Crippen LogP contribution < -0.4 is 14.4 Å². The summed E-state index contributed by atoms with van der Waals surface area (Å²) < 4.78 is 49.2. The van der Waals surface area contributed by atoms with Crippen molar-refractivity contribution < 1.29 is 32.9 Å². The minimum absolute atomic E-state index is 0.0260. The molecule has 7 rings (SSSR count). The number of piperazine rings is 1. The third kappa shape index (κ3) is 5.93. The molecule has 2 aromatic carbocycles. The molecule has 0 bridgehead atoms. The normalized spacial score (nSPS) is 21.2. The predicted octanol–water partition coefficient (Wildman–Crippen LogP) is 5.53. The summed E-state index contributed by atoms with van der Waals surface area (Å²) in [5.74, 6) is 1.79. The Morgan fingerprint density at radius 3 is 2.65 bits per heavy atom. The molecule has 49 heavy (non-hydrogen) atoms. The largest absolute Gasteiger partial charge is 0.468 e. The summed E-state index contributed by atoms with van der Waals surface area (Å²) in [5.41, 5.74) is 0.0291. The van der Waals surface area contributed by atoms with E-state index in [0.717, 1.165) is 38.6 Å². The van der Waals surface area contributed by atoms with Crippen LogP contribution in [0.4, 0.5) is 19.4 Å². The van der Waals surface area contributed by atoms with Crippen molar-refractivity contribution in [3.05, 3.63) is 47.7 Å². The summed E-state index contributed by atoms with van der Waals surface area (Å²) in [6, 6.07) is 6.47. The zero-order valence-electron chi connectivity index (χ0n) is 27.5. The van der Waals surface area contributed by atoms with Crippen molar-refractivity contribution in [2.75, 3.05) is 65.2 Å². The third-order valence-corrected chi connectivity index (χ3v) is 10.3. The first-order valence-electron chi connectivity index (χ1n) is 16.5. The maximum atomic E-state index is 17.0. The van der Waals surface area contributed by atoms with Gasteiger partial charge in [-0.2, -0.15) is 9.97 Å². The lowest BCUT2D eigenvalue weighted by Crippen LogP contribution is -2.50. The summed E-state index contributed by atoms with van der Waals surface area (Å²) in [6.07, 6.45) is 11.6. The van der Waals surface area contributed by atoms with Crippen molar-refractivity contribution in [3.63, 3.8) is 0 Å². The minimum atomic E-state index is -0.997. The van der Waals surface area contributed by atoms with Gasteiger partial charge in [-0.3, -0.25) is 4.98 Å². The molecule has 11 nitrogen and oxygen atoms in total. The maximum Gasteiger partial charge on any atom is 0.407 e. The number of nitrogens with zero attached hydrogens (tertiary/aromatic N) is 6. The number of piperidine rings is 1. The lowest BCUT2D eigenvalue weighted by atomic mass is 9.76. The van der Waals surface area contributed by atoms with Crippen LogP contribution in [0.15, 0.2) is 30.5 Å². The van der Waals surface area contributed by atoms with Gasteiger partial charge in [0.25, 0.3) is 0 Å². The number of rotatable bonds is 8. The molecule has 2 aromatic heterocycles. The second-order valence-electron chi connectivity index (χ2n) is 13.1. The van der Waals surface area contributed by atoms with Gasteiger partial charge in [-0.25, -0.2) is 13.6 Å². The van der Waals surface area contributed by atoms with Crippen LogP contribution in [0.25, 0.3) is 32.9 Å². The number of benzene rings is 2. The number of ether oxygens (including phenoxy) is 3. The van der Waals surface area contributed by atoms with Crippen molar-refractivity contribution in [1.29, 1.82) is 0 Å². The number of fused-ring (bicyclic) bond motifs is 3. The second kappa shape index (κ2) is 13.2. The van der Waals surface area contributed by atoms with Crippen LogP contribution in [0.1, 0.15) is 37.7 Å². The van der Waals surface area contributed by atoms with E-state index in [1.807, 2.05) is 4.90 Å². The fourth-order valence-electron chi connectivity index (χ4n) is 7.96. The second-order valence-corrected chi connectivity index (χ2v) is 13.1. The number of hydrogen-bond acceptors (Lipinski definition) is 9. The number of carbonyl (C=O) groups is 1. The van der Waals surface area contributed by atoms with E-state index in [2.05, 4.69) is 27.8 Å². The fraction of sp³-hybridized carbons (Fsp3) is 0.444. The van der Waals surface area contributed by atoms with Gasteiger partial charge in [0, 0.05) is 61.9 Å². The van der Waals surface area contributed by atoms with E-state index in [0.29, 0.717) is 53.5 Å². The number of methoxy groups -OCH3 is 1. The summed E-state index contributed by atoms with van der Waals surface area (Å²) in [7, 11) is 3.64. The molecular formula is C36H38F2N6O5. The first kappa shape index (κ1) is 32.7. The SMILES string of the molecule is C#Cc1c(F)ccc2cc(OCOC)cc(-c3ncc4c(N5CCN(C(=O)O)CC5)nc(OC[C@]56CCC[C@H]5N(C)CCC6)nc4c3F)c12. The number of halogens is 2. The van der Waals surface area contributed by atoms with Gasteiger partial charge in [-0.1, -0.05) is 18.4 Å². The van der Waals surface area contributed by atoms with Gasteiger partial charge in [0.05, 0.1) is 17.6 Å². The summed E-state index contributed by atoms with van der Waals surface area (Å²) in [4.78, 5) is 31.2. The van der Waals surface area contributed by atoms with Crippen LogP contribution in [0.3, 0.4) is 0 Å². The Hall–Kier alpha value is -4.80. The third-order valence-electron chi connectivity index (χ3n) is 10.3. The number of hydrogen-bond donors (Lipinski definition) is 1. The standard InChI is InChI=1S/C36H38F2N6O5/c1-4-24-27(37)9-8-22-17-23(49-21-47-3)18-25(29(22)24)31-30(38)32-26(19-39-31)33(43-13-15-44(16-14-43)35(45)46)41-34(40-32)48-20-36-10-5-7-28(36)42(2)12-6-11-36/h1,8-9,17-19,28H,5-7,10-16,20-21H2,2-3H3,(H,45,46)/t28-,36-/m1/s1. The average molecular weight is 673 g/mol. The Kier molecular flexibility index (Phi) is 8.85. The maximum absolute atomic E-state index is 17.0. The van der Waals surface area contributed by atoms with Gasteiger partial charge < -0.3 is 34.0 Å². The molecule has 2 saturated heterocycles. The highest BCUT2D eigenvalue weighted by atomic mass is 19.1. The van der Waals surface area contributed by atoms with E-state index < -0.39 is 17.7 Å². The molecule has 1 amide bonds. The molecule has 4 aromatic rings. The summed E-state index contributed by atoms with van der Waals surface area (Å²) in [6.45, 7) is 2.56. The lowest BCUT2D eigenvalue weighted by molar-refractivity contribution is 0.0133. The van der Waals surface area contributed by atoms with E-state index in [-0.39, 0.29) is 53.6 Å². The van der Waals surface area contributed by atoms with Crippen LogP contribution in [-0.2, 0) is 4.74 Å². The van der Waals surface area contributed by atoms with Crippen LogP contribution >= 0.6 is 0 Å². The number of pyridine rings is 1. The molecule has 3 aliphatic rings. The zero-order valence-corrected chi connectivity index (χ0v) is 27.5. The highest BCUT2D eigenvalue weighted by molar-refractivity contribution is 6.03. The van der Waals surface area contributed by atoms with E-state index in [9.17, 15) is 9.90 Å². The highest BCUT2D eigenvalue weighted by Crippen LogP contribution is 2.47. The topological polar surface area (TPSA) is 113 Å². The summed E-state index contributed by atoms with van der Waals surface area (Å²) >= 11 is 0. The monoisotopic (exact) mass is 672 g/mol. The number of amides is 1. The first-order valence-corrected chi connectivity index (χ1v) is 16.5. The van der Waals surface area contributed by atoms with Crippen molar-refractivity contribution >= 4 is 33.6 Å². The Morgan fingerprint density at radius 1 is 1.10 bits per heavy atom. The molecule has 256 valence electrons. The molecule has 1 N–H and O–H groups in total. The average Bonchev–Trinajstić information content (AvgIpc) is 3.55. The number of likely N-dealkylation sites (tertiary alicyclic amines) is 1. The minimum Gasteiger partial charge on any atom is -0.468 e. The molecule has 4 heterocycles. The van der Waals surface area contributed by atoms with Gasteiger partial charge in [-0.15, -0.1) is 6.42 Å². The van der Waals surface area contributed by atoms with Gasteiger partial charge in [0.1, 0.15) is 28.6 Å². The van der Waals surface area contributed by atoms with Crippen LogP contribution in [0.2, 0.25) is 0 Å². The van der Waals surface area contributed by atoms with E-state index in [4.69, 9.17) is 25.6 Å². The van der Waals surface area contributed by atoms with Gasteiger partial charge in [0.15, 0.2) is 12.6 Å². The molecule has 3 fully saturated rings. The van der Waals surface area contributed by atoms with E-state index >= 15 is 8.78 Å². The van der Waals surface area contributed by atoms with E-state index in [1.165, 1.54) is 24.3 Å². The van der Waals surface area contributed by atoms with Crippen LogP contribution in [-0.4, -0.2) is 102 Å². The Bertz CT molecular complexity index is 1960. The Balaban J connectivity index is 1.36. The molecule has 1 aliphatic carbocycles. The highest BCUT2D eigenvalue weighted by Gasteiger charge is 2.47. The quantitative estimate of drug-likeness (QED) is 0.189. The first-order chi connectivity index (χ1) is 23.7. The molecule has 13 heteroatoms. The van der Waals surface area contributed by atoms with Gasteiger partial charge in [-0.05, 0) is 62.9 Å². The zero-order chi connectivity index (χ0) is 34.3. The fourth-order valence-corrected chi connectivity index (χ4v) is 7.96. The van der Waals surface area contributed by atoms with Crippen molar-refractivity contribution in [2.45, 2.75) is 38.1 Å². The van der Waals surface area contributed by atoms with Crippen LogP contribution in [0, 0.1) is 29.4 Å². The molecule has 0 unspecified atom stereocenters. The van der Waals surface area contributed by atoms with Crippen molar-refractivity contribution in [3.8, 4) is 35.4 Å². The lowest BCUT2D eigenvalue weighted by Gasteiger charge is -2.44. The number of anilines is 1. The number of aromatic nitrogens is 3. The molecule has 0 radical (unpaired) electrons. The van der Waals surface area contributed by atoms with Gasteiger partial charge >= 0.3 is 12.1 Å². The molecule has 1 saturated carbocycles. The predicted molar refractivity (Wildman–Crippen MR) is 180 cm³/mol. The Morgan fingerprint density at radius 2 is 1.90 bits per heavy atom. The molecule has 2 atom stereocenters. The van der Waals surface area contributed by atoms with Crippen LogP contribution in [0.5, 0.6) is 11.8 Å². The summed E-state index contributed by atoms with van der Waals surface area (Å²) in [5, 5.41) is 10.7.